The van der Waals surface area contributed by atoms with Crippen LogP contribution in [0.2, 0.25) is 0 Å². The second-order valence-electron chi connectivity index (χ2n) is 7.03. The number of benzene rings is 2. The van der Waals surface area contributed by atoms with Gasteiger partial charge in [-0.15, -0.1) is 0 Å². The van der Waals surface area contributed by atoms with E-state index < -0.39 is 17.6 Å². The summed E-state index contributed by atoms with van der Waals surface area (Å²) < 4.78 is 23.9. The molecule has 2 aliphatic rings. The van der Waals surface area contributed by atoms with Crippen molar-refractivity contribution < 1.29 is 28.2 Å². The van der Waals surface area contributed by atoms with Gasteiger partial charge in [-0.05, 0) is 18.2 Å². The Hall–Kier alpha value is -3.62. The Kier molecular flexibility index (Phi) is 5.26. The highest BCUT2D eigenvalue weighted by Crippen LogP contribution is 2.29. The highest BCUT2D eigenvalue weighted by atomic mass is 19.1. The molecule has 0 saturated carbocycles. The van der Waals surface area contributed by atoms with Crippen LogP contribution in [0.15, 0.2) is 36.4 Å². The number of fused-ring (bicyclic) bond motifs is 1. The predicted molar refractivity (Wildman–Crippen MR) is 106 cm³/mol. The first kappa shape index (κ1) is 19.7. The fourth-order valence-corrected chi connectivity index (χ4v) is 3.54. The van der Waals surface area contributed by atoms with Crippen LogP contribution in [0.1, 0.15) is 5.56 Å². The summed E-state index contributed by atoms with van der Waals surface area (Å²) in [5.74, 6) is -1.64. The summed E-state index contributed by atoms with van der Waals surface area (Å²) in [6.45, 7) is 1.61. The molecule has 1 fully saturated rings. The minimum Gasteiger partial charge on any atom is -0.494 e. The monoisotopic (exact) mass is 413 g/mol. The summed E-state index contributed by atoms with van der Waals surface area (Å²) in [7, 11) is 1.41. The second-order valence-corrected chi connectivity index (χ2v) is 7.03. The number of esters is 1. The Morgan fingerprint density at radius 1 is 1.10 bits per heavy atom. The molecule has 2 aromatic rings. The lowest BCUT2D eigenvalue weighted by atomic mass is 10.1. The number of carbonyl (C=O) groups is 3. The van der Waals surface area contributed by atoms with Crippen LogP contribution >= 0.6 is 0 Å². The molecule has 1 saturated heterocycles. The van der Waals surface area contributed by atoms with E-state index in [-0.39, 0.29) is 18.1 Å². The van der Waals surface area contributed by atoms with Crippen LogP contribution in [0.5, 0.6) is 11.5 Å². The minimum atomic E-state index is -0.761. The highest BCUT2D eigenvalue weighted by Gasteiger charge is 2.27. The van der Waals surface area contributed by atoms with Crippen molar-refractivity contribution in [3.05, 3.63) is 47.8 Å². The van der Waals surface area contributed by atoms with Crippen LogP contribution in [0.25, 0.3) is 0 Å². The van der Waals surface area contributed by atoms with Gasteiger partial charge in [0.15, 0.2) is 11.6 Å². The van der Waals surface area contributed by atoms with Crippen molar-refractivity contribution in [1.29, 1.82) is 0 Å². The van der Waals surface area contributed by atoms with Gasteiger partial charge in [0.2, 0.25) is 0 Å². The van der Waals surface area contributed by atoms with Gasteiger partial charge in [0.05, 0.1) is 13.5 Å². The molecule has 0 aliphatic carbocycles. The molecule has 0 spiro atoms. The lowest BCUT2D eigenvalue weighted by Crippen LogP contribution is -2.51. The summed E-state index contributed by atoms with van der Waals surface area (Å²) >= 11 is 0. The molecule has 0 bridgehead atoms. The van der Waals surface area contributed by atoms with Gasteiger partial charge < -0.3 is 24.6 Å². The van der Waals surface area contributed by atoms with Gasteiger partial charge in [-0.2, -0.15) is 0 Å². The Morgan fingerprint density at radius 3 is 2.57 bits per heavy atom. The van der Waals surface area contributed by atoms with Gasteiger partial charge >= 0.3 is 17.8 Å². The zero-order valence-corrected chi connectivity index (χ0v) is 16.3. The third kappa shape index (κ3) is 3.91. The van der Waals surface area contributed by atoms with E-state index in [9.17, 15) is 18.8 Å². The molecular formula is C21H20FN3O5. The summed E-state index contributed by atoms with van der Waals surface area (Å²) in [6.07, 6.45) is 0.199. The molecule has 1 N–H and O–H groups in total. The Morgan fingerprint density at radius 2 is 1.87 bits per heavy atom. The van der Waals surface area contributed by atoms with Crippen LogP contribution < -0.4 is 19.7 Å². The molecule has 2 aromatic carbocycles. The molecule has 2 amide bonds. The molecule has 4 rings (SSSR count). The highest BCUT2D eigenvalue weighted by molar-refractivity contribution is 6.39. The van der Waals surface area contributed by atoms with Crippen molar-refractivity contribution >= 4 is 29.2 Å². The maximum absolute atomic E-state index is 13.9. The number of piperazine rings is 1. The van der Waals surface area contributed by atoms with Crippen LogP contribution in [-0.2, 0) is 20.8 Å². The van der Waals surface area contributed by atoms with Crippen molar-refractivity contribution in [3.8, 4) is 11.5 Å². The number of ether oxygens (including phenoxy) is 2. The average molecular weight is 413 g/mol. The Bertz CT molecular complexity index is 1020. The van der Waals surface area contributed by atoms with E-state index >= 15 is 0 Å². The number of hydrogen-bond acceptors (Lipinski definition) is 6. The van der Waals surface area contributed by atoms with Gasteiger partial charge in [0.25, 0.3) is 0 Å². The SMILES string of the molecule is COc1ccc(N2CCN(C(=O)C(=O)Nc3ccc4c(c3)OC(=O)C4)CC2)cc1F. The normalized spacial score (nSPS) is 15.5. The zero-order chi connectivity index (χ0) is 21.3. The van der Waals surface area contributed by atoms with Gasteiger partial charge in [-0.3, -0.25) is 14.4 Å². The molecule has 2 heterocycles. The topological polar surface area (TPSA) is 88.2 Å². The third-order valence-corrected chi connectivity index (χ3v) is 5.15. The molecule has 156 valence electrons. The maximum Gasteiger partial charge on any atom is 0.315 e. The van der Waals surface area contributed by atoms with Gasteiger partial charge in [0, 0.05) is 55.2 Å². The van der Waals surface area contributed by atoms with Gasteiger partial charge in [-0.1, -0.05) is 6.07 Å². The van der Waals surface area contributed by atoms with Crippen LogP contribution in [0.4, 0.5) is 15.8 Å². The molecule has 0 radical (unpaired) electrons. The summed E-state index contributed by atoms with van der Waals surface area (Å²) in [4.78, 5) is 39.6. The lowest BCUT2D eigenvalue weighted by Gasteiger charge is -2.35. The number of anilines is 2. The number of hydrogen-bond donors (Lipinski definition) is 1. The zero-order valence-electron chi connectivity index (χ0n) is 16.3. The molecule has 2 aliphatic heterocycles. The molecule has 30 heavy (non-hydrogen) atoms. The fraction of sp³-hybridized carbons (Fsp3) is 0.286. The average Bonchev–Trinajstić information content (AvgIpc) is 3.12. The fourth-order valence-electron chi connectivity index (χ4n) is 3.54. The maximum atomic E-state index is 13.9. The van der Waals surface area contributed by atoms with Crippen LogP contribution in [-0.4, -0.2) is 56.0 Å². The van der Waals surface area contributed by atoms with Gasteiger partial charge in [0.1, 0.15) is 5.75 Å². The summed E-state index contributed by atoms with van der Waals surface area (Å²) in [6, 6.07) is 9.55. The predicted octanol–water partition coefficient (Wildman–Crippen LogP) is 1.58. The standard InChI is InChI=1S/C21H20FN3O5/c1-29-17-5-4-15(12-16(17)22)24-6-8-25(9-7-24)21(28)20(27)23-14-3-2-13-10-19(26)30-18(13)11-14/h2-5,11-12H,6-10H2,1H3,(H,23,27). The number of halogens is 1. The van der Waals surface area contributed by atoms with Crippen molar-refractivity contribution in [1.82, 2.24) is 4.90 Å². The van der Waals surface area contributed by atoms with E-state index in [4.69, 9.17) is 9.47 Å². The van der Waals surface area contributed by atoms with E-state index in [0.717, 1.165) is 5.56 Å². The van der Waals surface area contributed by atoms with E-state index in [1.54, 1.807) is 24.3 Å². The number of nitrogens with zero attached hydrogens (tertiary/aromatic N) is 2. The molecule has 0 aromatic heterocycles. The summed E-state index contributed by atoms with van der Waals surface area (Å²) in [5, 5.41) is 2.55. The summed E-state index contributed by atoms with van der Waals surface area (Å²) in [5.41, 5.74) is 1.82. The van der Waals surface area contributed by atoms with Gasteiger partial charge in [-0.25, -0.2) is 4.39 Å². The van der Waals surface area contributed by atoms with Crippen molar-refractivity contribution in [2.75, 3.05) is 43.5 Å². The first-order valence-electron chi connectivity index (χ1n) is 9.47. The number of methoxy groups -OCH3 is 1. The Labute approximate surface area is 172 Å². The molecule has 8 nitrogen and oxygen atoms in total. The van der Waals surface area contributed by atoms with Crippen molar-refractivity contribution in [2.45, 2.75) is 6.42 Å². The lowest BCUT2D eigenvalue weighted by molar-refractivity contribution is -0.143. The quantitative estimate of drug-likeness (QED) is 0.467. The minimum absolute atomic E-state index is 0.172. The number of amides is 2. The van der Waals surface area contributed by atoms with Crippen LogP contribution in [0.3, 0.4) is 0 Å². The van der Waals surface area contributed by atoms with Crippen molar-refractivity contribution in [2.24, 2.45) is 0 Å². The third-order valence-electron chi connectivity index (χ3n) is 5.15. The first-order chi connectivity index (χ1) is 14.4. The molecule has 0 atom stereocenters. The van der Waals surface area contributed by atoms with Crippen molar-refractivity contribution in [3.63, 3.8) is 0 Å². The van der Waals surface area contributed by atoms with Crippen LogP contribution in [0, 0.1) is 5.82 Å². The largest absolute Gasteiger partial charge is 0.494 e. The smallest absolute Gasteiger partial charge is 0.315 e. The second kappa shape index (κ2) is 8.02. The first-order valence-corrected chi connectivity index (χ1v) is 9.47. The number of rotatable bonds is 3. The van der Waals surface area contributed by atoms with E-state index in [1.807, 2.05) is 4.90 Å². The van der Waals surface area contributed by atoms with E-state index in [2.05, 4.69) is 5.32 Å². The molecule has 0 unspecified atom stereocenters. The van der Waals surface area contributed by atoms with E-state index in [0.29, 0.717) is 43.3 Å². The number of nitrogens with one attached hydrogen (secondary N) is 1. The molecule has 9 heteroatoms. The molecular weight excluding hydrogens is 393 g/mol. The number of carbonyl (C=O) groups excluding carboxylic acids is 3. The Balaban J connectivity index is 1.34. The van der Waals surface area contributed by atoms with E-state index in [1.165, 1.54) is 24.1 Å².